The summed E-state index contributed by atoms with van der Waals surface area (Å²) >= 11 is 0. The van der Waals surface area contributed by atoms with Gasteiger partial charge < -0.3 is 48.9 Å². The molecule has 1 fully saturated rings. The Bertz CT molecular complexity index is 1130. The minimum atomic E-state index is -1.78. The second-order valence-corrected chi connectivity index (χ2v) is 6.75. The largest absolute Gasteiger partial charge is 0.504 e. The summed E-state index contributed by atoms with van der Waals surface area (Å²) in [6, 6.07) is 2.50. The number of fused-ring (bicyclic) bond motifs is 3. The van der Waals surface area contributed by atoms with Gasteiger partial charge in [0.2, 0.25) is 12.0 Å². The predicted octanol–water partition coefficient (Wildman–Crippen LogP) is -0.562. The molecule has 0 spiro atoms. The van der Waals surface area contributed by atoms with Crippen molar-refractivity contribution in [1.29, 1.82) is 0 Å². The maximum Gasteiger partial charge on any atom is 0.347 e. The van der Waals surface area contributed by atoms with E-state index in [1.54, 1.807) is 0 Å². The monoisotopic (exact) mass is 410 g/mol. The van der Waals surface area contributed by atoms with Gasteiger partial charge in [-0.1, -0.05) is 0 Å². The molecule has 0 amide bonds. The van der Waals surface area contributed by atoms with Crippen LogP contribution in [0.2, 0.25) is 0 Å². The van der Waals surface area contributed by atoms with E-state index >= 15 is 0 Å². The Hall–Kier alpha value is -2.83. The molecule has 0 unspecified atom stereocenters. The summed E-state index contributed by atoms with van der Waals surface area (Å²) in [4.78, 5) is 12.4. The Labute approximate surface area is 161 Å². The molecule has 6 N–H and O–H groups in total. The highest BCUT2D eigenvalue weighted by Gasteiger charge is 2.45. The molecule has 2 aromatic heterocycles. The molecule has 4 rings (SSSR count). The van der Waals surface area contributed by atoms with Crippen LogP contribution in [0.5, 0.6) is 17.2 Å². The molecule has 11 heteroatoms. The van der Waals surface area contributed by atoms with E-state index in [1.807, 2.05) is 0 Å². The maximum atomic E-state index is 12.4. The molecule has 1 aliphatic rings. The fraction of sp³-hybridized carbons (Fsp3) is 0.389. The Balaban J connectivity index is 1.89. The number of aryl methyl sites for hydroxylation is 1. The van der Waals surface area contributed by atoms with Crippen LogP contribution in [-0.2, 0) is 4.74 Å². The predicted molar refractivity (Wildman–Crippen MR) is 94.7 cm³/mol. The van der Waals surface area contributed by atoms with E-state index in [4.69, 9.17) is 18.3 Å². The summed E-state index contributed by atoms with van der Waals surface area (Å²) in [5.41, 5.74) is -0.701. The number of furan rings is 1. The van der Waals surface area contributed by atoms with Crippen LogP contribution in [0.25, 0.3) is 21.9 Å². The van der Waals surface area contributed by atoms with Gasteiger partial charge in [-0.05, 0) is 6.92 Å². The minimum Gasteiger partial charge on any atom is -0.504 e. The SMILES string of the molecule is Cc1cc2oc3cc(O)c(O)c(O[C@@H]4O[C@H](CO)[C@@H](O)[C@H](O)[C@H]4O)c3c2c(=O)o1. The Morgan fingerprint density at radius 3 is 2.38 bits per heavy atom. The van der Waals surface area contributed by atoms with Gasteiger partial charge in [0.25, 0.3) is 0 Å². The highest BCUT2D eigenvalue weighted by Crippen LogP contribution is 2.46. The summed E-state index contributed by atoms with van der Waals surface area (Å²) in [5, 5.41) is 59.5. The lowest BCUT2D eigenvalue weighted by atomic mass is 9.99. The van der Waals surface area contributed by atoms with Crippen LogP contribution in [0, 0.1) is 6.92 Å². The number of hydrogen-bond donors (Lipinski definition) is 6. The van der Waals surface area contributed by atoms with Crippen LogP contribution in [-0.4, -0.2) is 68.0 Å². The zero-order chi connectivity index (χ0) is 21.0. The summed E-state index contributed by atoms with van der Waals surface area (Å²) in [6.07, 6.45) is -8.04. The number of aromatic hydroxyl groups is 2. The van der Waals surface area contributed by atoms with Crippen LogP contribution in [0.4, 0.5) is 0 Å². The van der Waals surface area contributed by atoms with E-state index in [0.717, 1.165) is 6.07 Å². The second kappa shape index (κ2) is 6.90. The molecule has 156 valence electrons. The number of phenols is 2. The lowest BCUT2D eigenvalue weighted by Crippen LogP contribution is -2.60. The van der Waals surface area contributed by atoms with Crippen molar-refractivity contribution >= 4 is 21.9 Å². The zero-order valence-corrected chi connectivity index (χ0v) is 15.0. The summed E-state index contributed by atoms with van der Waals surface area (Å²) in [7, 11) is 0. The van der Waals surface area contributed by atoms with Gasteiger partial charge in [0, 0.05) is 12.1 Å². The van der Waals surface area contributed by atoms with Gasteiger partial charge in [-0.2, -0.15) is 0 Å². The molecule has 0 saturated carbocycles. The first kappa shape index (κ1) is 19.5. The van der Waals surface area contributed by atoms with E-state index in [-0.39, 0.29) is 27.7 Å². The van der Waals surface area contributed by atoms with Crippen LogP contribution >= 0.6 is 0 Å². The Morgan fingerprint density at radius 2 is 1.69 bits per heavy atom. The molecule has 0 radical (unpaired) electrons. The van der Waals surface area contributed by atoms with Crippen molar-refractivity contribution in [2.75, 3.05) is 6.61 Å². The first-order chi connectivity index (χ1) is 13.7. The van der Waals surface area contributed by atoms with Gasteiger partial charge in [-0.25, -0.2) is 4.79 Å². The number of aliphatic hydroxyl groups is 4. The fourth-order valence-corrected chi connectivity index (χ4v) is 3.33. The average molecular weight is 410 g/mol. The quantitative estimate of drug-likeness (QED) is 0.304. The molecule has 3 heterocycles. The number of ether oxygens (including phenoxy) is 2. The summed E-state index contributed by atoms with van der Waals surface area (Å²) in [6.45, 7) is 0.845. The number of rotatable bonds is 3. The smallest absolute Gasteiger partial charge is 0.347 e. The average Bonchev–Trinajstić information content (AvgIpc) is 3.03. The number of aliphatic hydroxyl groups excluding tert-OH is 4. The van der Waals surface area contributed by atoms with Gasteiger partial charge in [-0.3, -0.25) is 0 Å². The van der Waals surface area contributed by atoms with Crippen molar-refractivity contribution in [3.8, 4) is 17.2 Å². The van der Waals surface area contributed by atoms with Crippen molar-refractivity contribution in [1.82, 2.24) is 0 Å². The van der Waals surface area contributed by atoms with Crippen molar-refractivity contribution in [2.24, 2.45) is 0 Å². The molecule has 0 bridgehead atoms. The molecular formula is C18H18O11. The molecule has 0 aliphatic carbocycles. The molecule has 5 atom stereocenters. The number of hydrogen-bond acceptors (Lipinski definition) is 11. The number of phenolic OH excluding ortho intramolecular Hbond substituents is 2. The van der Waals surface area contributed by atoms with E-state index < -0.39 is 60.2 Å². The minimum absolute atomic E-state index is 0.0206. The highest BCUT2D eigenvalue weighted by atomic mass is 16.7. The summed E-state index contributed by atoms with van der Waals surface area (Å²) < 4.78 is 21.3. The van der Waals surface area contributed by atoms with E-state index in [2.05, 4.69) is 0 Å². The third kappa shape index (κ3) is 2.99. The molecule has 1 aromatic carbocycles. The molecule has 29 heavy (non-hydrogen) atoms. The lowest BCUT2D eigenvalue weighted by Gasteiger charge is -2.39. The van der Waals surface area contributed by atoms with Crippen molar-refractivity contribution < 1.29 is 48.9 Å². The van der Waals surface area contributed by atoms with Gasteiger partial charge >= 0.3 is 5.63 Å². The molecule has 11 nitrogen and oxygen atoms in total. The topological polar surface area (TPSA) is 183 Å². The number of benzene rings is 1. The van der Waals surface area contributed by atoms with Gasteiger partial charge in [0.05, 0.1) is 12.0 Å². The van der Waals surface area contributed by atoms with E-state index in [1.165, 1.54) is 13.0 Å². The Kier molecular flexibility index (Phi) is 4.63. The maximum absolute atomic E-state index is 12.4. The molecule has 3 aromatic rings. The highest BCUT2D eigenvalue weighted by molar-refractivity contribution is 6.09. The van der Waals surface area contributed by atoms with E-state index in [9.17, 15) is 35.4 Å². The first-order valence-corrected chi connectivity index (χ1v) is 8.62. The third-order valence-corrected chi connectivity index (χ3v) is 4.79. The first-order valence-electron chi connectivity index (χ1n) is 8.62. The zero-order valence-electron chi connectivity index (χ0n) is 15.0. The standard InChI is InChI=1S/C18H18O11/c1-5-2-7-11(17(25)26-5)10-8(27-7)3-6(20)12(21)16(10)29-18-15(24)14(23)13(22)9(4-19)28-18/h2-3,9,13-15,18-24H,4H2,1H3/t9-,13-,14+,15-,18+/m1/s1. The molecule has 1 saturated heterocycles. The van der Waals surface area contributed by atoms with Crippen molar-refractivity contribution in [3.63, 3.8) is 0 Å². The van der Waals surface area contributed by atoms with Gasteiger partial charge in [0.15, 0.2) is 11.5 Å². The normalized spacial score (nSPS) is 27.6. The van der Waals surface area contributed by atoms with Gasteiger partial charge in [-0.15, -0.1) is 0 Å². The third-order valence-electron chi connectivity index (χ3n) is 4.79. The molecule has 1 aliphatic heterocycles. The van der Waals surface area contributed by atoms with Crippen molar-refractivity contribution in [2.45, 2.75) is 37.6 Å². The lowest BCUT2D eigenvalue weighted by molar-refractivity contribution is -0.277. The van der Waals surface area contributed by atoms with Crippen molar-refractivity contribution in [3.05, 3.63) is 28.3 Å². The second-order valence-electron chi connectivity index (χ2n) is 6.75. The van der Waals surface area contributed by atoms with Gasteiger partial charge in [0.1, 0.15) is 46.7 Å². The summed E-state index contributed by atoms with van der Waals surface area (Å²) in [5.74, 6) is -1.62. The Morgan fingerprint density at radius 1 is 1.00 bits per heavy atom. The van der Waals surface area contributed by atoms with Crippen LogP contribution in [0.1, 0.15) is 5.76 Å². The van der Waals surface area contributed by atoms with Crippen LogP contribution < -0.4 is 10.4 Å². The van der Waals surface area contributed by atoms with Crippen LogP contribution in [0.15, 0.2) is 25.8 Å². The fourth-order valence-electron chi connectivity index (χ4n) is 3.33. The molecular weight excluding hydrogens is 392 g/mol. The van der Waals surface area contributed by atoms with E-state index in [0.29, 0.717) is 0 Å². The van der Waals surface area contributed by atoms with Crippen LogP contribution in [0.3, 0.4) is 0 Å².